The van der Waals surface area contributed by atoms with Gasteiger partial charge in [0.2, 0.25) is 0 Å². The largest absolute Gasteiger partial charge is 0.337 e. The van der Waals surface area contributed by atoms with E-state index in [0.29, 0.717) is 6.42 Å². The molecule has 0 aliphatic carbocycles. The molecular weight excluding hydrogens is 108 g/mol. The second-order valence-electron chi connectivity index (χ2n) is 1.76. The van der Waals surface area contributed by atoms with Gasteiger partial charge in [-0.3, -0.25) is 0 Å². The van der Waals surface area contributed by atoms with Crippen LogP contribution in [0.5, 0.6) is 0 Å². The topological polar surface area (TPSA) is 70.5 Å². The van der Waals surface area contributed by atoms with Crippen LogP contribution in [-0.4, -0.2) is 19.2 Å². The van der Waals surface area contributed by atoms with E-state index in [1.165, 1.54) is 0 Å². The highest BCUT2D eigenvalue weighted by atomic mass is 16.7. The number of hydrogen-bond acceptors (Lipinski definition) is 4. The Morgan fingerprint density at radius 1 is 1.12 bits per heavy atom. The van der Waals surface area contributed by atoms with Crippen LogP contribution in [0.2, 0.25) is 0 Å². The van der Waals surface area contributed by atoms with Crippen LogP contribution in [0.25, 0.3) is 0 Å². The van der Waals surface area contributed by atoms with E-state index in [1.54, 1.807) is 0 Å². The second-order valence-corrected chi connectivity index (χ2v) is 1.76. The van der Waals surface area contributed by atoms with Gasteiger partial charge in [-0.2, -0.15) is 0 Å². The molecule has 2 atom stereocenters. The molecule has 8 heavy (non-hydrogen) atoms. The Morgan fingerprint density at radius 2 is 1.62 bits per heavy atom. The summed E-state index contributed by atoms with van der Waals surface area (Å²) in [5, 5.41) is 0. The van der Waals surface area contributed by atoms with E-state index in [-0.39, 0.29) is 19.2 Å². The van der Waals surface area contributed by atoms with Gasteiger partial charge >= 0.3 is 0 Å². The average molecular weight is 118 g/mol. The quantitative estimate of drug-likeness (QED) is 0.426. The number of hydrogen-bond donors (Lipinski definition) is 2. The van der Waals surface area contributed by atoms with E-state index in [9.17, 15) is 0 Å². The molecule has 1 rings (SSSR count). The first-order valence-corrected chi connectivity index (χ1v) is 2.53. The molecular formula is C4H10N2O2. The lowest BCUT2D eigenvalue weighted by Gasteiger charge is -2.23. The van der Waals surface area contributed by atoms with Crippen molar-refractivity contribution in [2.24, 2.45) is 11.5 Å². The fourth-order valence-electron chi connectivity index (χ4n) is 0.579. The minimum atomic E-state index is -0.237. The molecule has 48 valence electrons. The third-order valence-corrected chi connectivity index (χ3v) is 1.03. The van der Waals surface area contributed by atoms with Crippen LogP contribution in [-0.2, 0) is 9.47 Å². The molecule has 4 heteroatoms. The van der Waals surface area contributed by atoms with Gasteiger partial charge in [0, 0.05) is 6.42 Å². The fraction of sp³-hybridized carbons (Fsp3) is 1.00. The van der Waals surface area contributed by atoms with Crippen molar-refractivity contribution in [1.82, 2.24) is 0 Å². The van der Waals surface area contributed by atoms with Crippen LogP contribution in [0.1, 0.15) is 6.42 Å². The first-order valence-electron chi connectivity index (χ1n) is 2.53. The van der Waals surface area contributed by atoms with Crippen LogP contribution >= 0.6 is 0 Å². The molecule has 1 aliphatic heterocycles. The van der Waals surface area contributed by atoms with Gasteiger partial charge in [0.05, 0.1) is 0 Å². The zero-order valence-corrected chi connectivity index (χ0v) is 4.54. The summed E-state index contributed by atoms with van der Waals surface area (Å²) in [5.74, 6) is 0. The monoisotopic (exact) mass is 118 g/mol. The van der Waals surface area contributed by atoms with Gasteiger partial charge in [0.15, 0.2) is 6.79 Å². The minimum absolute atomic E-state index is 0.225. The van der Waals surface area contributed by atoms with E-state index in [0.717, 1.165) is 0 Å². The molecule has 1 aliphatic rings. The van der Waals surface area contributed by atoms with Crippen LogP contribution in [0.15, 0.2) is 0 Å². The predicted molar refractivity (Wildman–Crippen MR) is 27.6 cm³/mol. The Bertz CT molecular complexity index is 70.4. The van der Waals surface area contributed by atoms with Crippen LogP contribution in [0, 0.1) is 0 Å². The maximum Gasteiger partial charge on any atom is 0.150 e. The third-order valence-electron chi connectivity index (χ3n) is 1.03. The van der Waals surface area contributed by atoms with Crippen LogP contribution < -0.4 is 11.5 Å². The molecule has 2 unspecified atom stereocenters. The summed E-state index contributed by atoms with van der Waals surface area (Å²) in [4.78, 5) is 0. The summed E-state index contributed by atoms with van der Waals surface area (Å²) < 4.78 is 9.65. The van der Waals surface area contributed by atoms with Crippen molar-refractivity contribution in [3.63, 3.8) is 0 Å². The van der Waals surface area contributed by atoms with Crippen molar-refractivity contribution in [3.8, 4) is 0 Å². The lowest BCUT2D eigenvalue weighted by molar-refractivity contribution is -0.171. The Labute approximate surface area is 47.7 Å². The molecule has 0 aromatic rings. The summed E-state index contributed by atoms with van der Waals surface area (Å²) in [7, 11) is 0. The van der Waals surface area contributed by atoms with Gasteiger partial charge in [0.1, 0.15) is 12.5 Å². The Kier molecular flexibility index (Phi) is 1.80. The SMILES string of the molecule is NC1CC(N)OCO1. The number of rotatable bonds is 0. The molecule has 1 fully saturated rings. The zero-order valence-electron chi connectivity index (χ0n) is 4.54. The zero-order chi connectivity index (χ0) is 5.98. The Balaban J connectivity index is 2.23. The van der Waals surface area contributed by atoms with Gasteiger partial charge < -0.3 is 20.9 Å². The maximum absolute atomic E-state index is 5.34. The van der Waals surface area contributed by atoms with Crippen molar-refractivity contribution in [2.75, 3.05) is 6.79 Å². The molecule has 4 nitrogen and oxygen atoms in total. The van der Waals surface area contributed by atoms with E-state index in [2.05, 4.69) is 0 Å². The molecule has 0 radical (unpaired) electrons. The lowest BCUT2D eigenvalue weighted by atomic mass is 10.3. The van der Waals surface area contributed by atoms with Gasteiger partial charge in [-0.05, 0) is 0 Å². The Hall–Kier alpha value is -0.160. The minimum Gasteiger partial charge on any atom is -0.337 e. The van der Waals surface area contributed by atoms with Crippen molar-refractivity contribution >= 4 is 0 Å². The maximum atomic E-state index is 5.34. The molecule has 0 amide bonds. The van der Waals surface area contributed by atoms with Gasteiger partial charge in [-0.25, -0.2) is 0 Å². The van der Waals surface area contributed by atoms with E-state index >= 15 is 0 Å². The highest BCUT2D eigenvalue weighted by molar-refractivity contribution is 4.56. The molecule has 1 heterocycles. The molecule has 1 saturated heterocycles. The normalized spacial score (nSPS) is 39.8. The molecule has 4 N–H and O–H groups in total. The lowest BCUT2D eigenvalue weighted by Crippen LogP contribution is -2.41. The third kappa shape index (κ3) is 1.41. The molecule has 0 bridgehead atoms. The smallest absolute Gasteiger partial charge is 0.150 e. The van der Waals surface area contributed by atoms with Crippen molar-refractivity contribution < 1.29 is 9.47 Å². The second kappa shape index (κ2) is 2.41. The average Bonchev–Trinajstić information content (AvgIpc) is 1.64. The van der Waals surface area contributed by atoms with Crippen molar-refractivity contribution in [1.29, 1.82) is 0 Å². The van der Waals surface area contributed by atoms with Crippen LogP contribution in [0.4, 0.5) is 0 Å². The first-order chi connectivity index (χ1) is 3.79. The number of nitrogens with two attached hydrogens (primary N) is 2. The van der Waals surface area contributed by atoms with Crippen molar-refractivity contribution in [2.45, 2.75) is 18.9 Å². The summed E-state index contributed by atoms with van der Waals surface area (Å²) >= 11 is 0. The Morgan fingerprint density at radius 3 is 1.88 bits per heavy atom. The summed E-state index contributed by atoms with van der Waals surface area (Å²) in [6, 6.07) is 0. The van der Waals surface area contributed by atoms with E-state index in [1.807, 2.05) is 0 Å². The molecule has 0 saturated carbocycles. The molecule has 0 aromatic carbocycles. The van der Waals surface area contributed by atoms with Gasteiger partial charge in [-0.1, -0.05) is 0 Å². The van der Waals surface area contributed by atoms with E-state index in [4.69, 9.17) is 20.9 Å². The van der Waals surface area contributed by atoms with E-state index < -0.39 is 0 Å². The summed E-state index contributed by atoms with van der Waals surface area (Å²) in [6.45, 7) is 0.225. The van der Waals surface area contributed by atoms with Crippen LogP contribution in [0.3, 0.4) is 0 Å². The summed E-state index contributed by atoms with van der Waals surface area (Å²) in [6.07, 6.45) is 0.109. The van der Waals surface area contributed by atoms with Gasteiger partial charge in [-0.15, -0.1) is 0 Å². The first kappa shape index (κ1) is 5.97. The highest BCUT2D eigenvalue weighted by Gasteiger charge is 2.15. The number of ether oxygens (including phenoxy) is 2. The summed E-state index contributed by atoms with van der Waals surface area (Å²) in [5.41, 5.74) is 10.7. The predicted octanol–water partition coefficient (Wildman–Crippen LogP) is -1.05. The molecule has 0 spiro atoms. The fourth-order valence-corrected chi connectivity index (χ4v) is 0.579. The van der Waals surface area contributed by atoms with Crippen molar-refractivity contribution in [3.05, 3.63) is 0 Å². The standard InChI is InChI=1S/C4H10N2O2/c5-3-1-4(6)8-2-7-3/h3-4H,1-2,5-6H2. The highest BCUT2D eigenvalue weighted by Crippen LogP contribution is 2.03. The van der Waals surface area contributed by atoms with Gasteiger partial charge in [0.25, 0.3) is 0 Å². The molecule has 0 aromatic heterocycles.